The molecule has 0 aliphatic carbocycles. The van der Waals surface area contributed by atoms with Gasteiger partial charge in [-0.1, -0.05) is 24.3 Å². The molecule has 2 rings (SSSR count). The minimum absolute atomic E-state index is 0.165. The molecule has 2 nitrogen and oxygen atoms in total. The van der Waals surface area contributed by atoms with E-state index in [1.165, 1.54) is 22.3 Å². The highest BCUT2D eigenvalue weighted by Crippen LogP contribution is 2.28. The molecule has 1 atom stereocenters. The van der Waals surface area contributed by atoms with E-state index < -0.39 is 0 Å². The summed E-state index contributed by atoms with van der Waals surface area (Å²) >= 11 is 3.58. The Bertz CT molecular complexity index is 602. The highest BCUT2D eigenvalue weighted by atomic mass is 79.9. The molecule has 0 aliphatic heterocycles. The van der Waals surface area contributed by atoms with Crippen molar-refractivity contribution < 1.29 is 4.74 Å². The molecule has 2 aromatic rings. The number of aryl methyl sites for hydroxylation is 2. The lowest BCUT2D eigenvalue weighted by Gasteiger charge is -2.13. The summed E-state index contributed by atoms with van der Waals surface area (Å²) in [5, 5.41) is 0. The third kappa shape index (κ3) is 4.32. The van der Waals surface area contributed by atoms with Crippen LogP contribution < -0.4 is 10.5 Å². The summed E-state index contributed by atoms with van der Waals surface area (Å²) in [6.45, 7) is 6.84. The molecule has 0 amide bonds. The molecule has 0 bridgehead atoms. The molecule has 0 aromatic heterocycles. The van der Waals surface area contributed by atoms with E-state index in [4.69, 9.17) is 10.5 Å². The third-order valence-electron chi connectivity index (χ3n) is 3.57. The molecule has 0 fully saturated rings. The van der Waals surface area contributed by atoms with Crippen molar-refractivity contribution in [2.24, 2.45) is 5.73 Å². The average Bonchev–Trinajstić information content (AvgIpc) is 2.39. The molecule has 3 heteroatoms. The molecule has 2 N–H and O–H groups in total. The first-order valence-corrected chi connectivity index (χ1v) is 7.98. The van der Waals surface area contributed by atoms with Crippen LogP contribution in [0.1, 0.15) is 29.2 Å². The molecule has 0 saturated heterocycles. The molecule has 0 radical (unpaired) electrons. The van der Waals surface area contributed by atoms with Gasteiger partial charge in [0.05, 0.1) is 4.47 Å². The Morgan fingerprint density at radius 3 is 2.38 bits per heavy atom. The van der Waals surface area contributed by atoms with Crippen LogP contribution in [0.15, 0.2) is 40.9 Å². The SMILES string of the molecule is Cc1cccc(C)c1COc1ccc(CC(C)N)cc1Br. The van der Waals surface area contributed by atoms with Crippen molar-refractivity contribution in [2.75, 3.05) is 0 Å². The minimum Gasteiger partial charge on any atom is -0.488 e. The number of hydrogen-bond donors (Lipinski definition) is 1. The van der Waals surface area contributed by atoms with Crippen LogP contribution in [-0.2, 0) is 13.0 Å². The Morgan fingerprint density at radius 2 is 1.81 bits per heavy atom. The van der Waals surface area contributed by atoms with Crippen LogP contribution >= 0.6 is 15.9 Å². The van der Waals surface area contributed by atoms with E-state index in [0.717, 1.165) is 16.6 Å². The zero-order valence-corrected chi connectivity index (χ0v) is 14.4. The number of rotatable bonds is 5. The minimum atomic E-state index is 0.165. The van der Waals surface area contributed by atoms with E-state index in [1.54, 1.807) is 0 Å². The number of halogens is 1. The standard InChI is InChI=1S/C18H22BrNO/c1-12-5-4-6-13(2)16(12)11-21-18-8-7-15(9-14(3)20)10-17(18)19/h4-8,10,14H,9,11,20H2,1-3H3. The van der Waals surface area contributed by atoms with Crippen LogP contribution in [0.3, 0.4) is 0 Å². The van der Waals surface area contributed by atoms with Crippen molar-refractivity contribution in [2.45, 2.75) is 39.8 Å². The van der Waals surface area contributed by atoms with Gasteiger partial charge >= 0.3 is 0 Å². The van der Waals surface area contributed by atoms with Gasteiger partial charge in [-0.15, -0.1) is 0 Å². The van der Waals surface area contributed by atoms with Crippen molar-refractivity contribution in [3.63, 3.8) is 0 Å². The van der Waals surface area contributed by atoms with Crippen LogP contribution in [0.25, 0.3) is 0 Å². The van der Waals surface area contributed by atoms with Crippen LogP contribution in [0.2, 0.25) is 0 Å². The van der Waals surface area contributed by atoms with E-state index >= 15 is 0 Å². The fourth-order valence-corrected chi connectivity index (χ4v) is 2.93. The largest absolute Gasteiger partial charge is 0.488 e. The van der Waals surface area contributed by atoms with Crippen LogP contribution in [0.5, 0.6) is 5.75 Å². The van der Waals surface area contributed by atoms with Crippen molar-refractivity contribution in [3.05, 3.63) is 63.1 Å². The number of nitrogens with two attached hydrogens (primary N) is 1. The van der Waals surface area contributed by atoms with Crippen molar-refractivity contribution in [3.8, 4) is 5.75 Å². The fraction of sp³-hybridized carbons (Fsp3) is 0.333. The smallest absolute Gasteiger partial charge is 0.134 e. The molecule has 0 heterocycles. The molecule has 112 valence electrons. The second-order valence-electron chi connectivity index (χ2n) is 5.61. The molecule has 0 saturated carbocycles. The first-order chi connectivity index (χ1) is 9.97. The van der Waals surface area contributed by atoms with Gasteiger partial charge in [0.15, 0.2) is 0 Å². The highest BCUT2D eigenvalue weighted by Gasteiger charge is 2.07. The maximum atomic E-state index is 5.97. The molecule has 2 aromatic carbocycles. The lowest BCUT2D eigenvalue weighted by atomic mass is 10.0. The number of hydrogen-bond acceptors (Lipinski definition) is 2. The zero-order chi connectivity index (χ0) is 15.4. The summed E-state index contributed by atoms with van der Waals surface area (Å²) in [5.74, 6) is 0.867. The Kier molecular flexibility index (Phi) is 5.43. The summed E-state index contributed by atoms with van der Waals surface area (Å²) in [6, 6.07) is 12.6. The quantitative estimate of drug-likeness (QED) is 0.861. The van der Waals surface area contributed by atoms with E-state index in [1.807, 2.05) is 13.0 Å². The zero-order valence-electron chi connectivity index (χ0n) is 12.8. The molecule has 1 unspecified atom stereocenters. The molecular formula is C18H22BrNO. The maximum Gasteiger partial charge on any atom is 0.134 e. The van der Waals surface area contributed by atoms with Gasteiger partial charge in [0, 0.05) is 6.04 Å². The molecular weight excluding hydrogens is 326 g/mol. The Balaban J connectivity index is 2.10. The summed E-state index contributed by atoms with van der Waals surface area (Å²) < 4.78 is 6.94. The van der Waals surface area contributed by atoms with Gasteiger partial charge in [-0.3, -0.25) is 0 Å². The Hall–Kier alpha value is -1.32. The first-order valence-electron chi connectivity index (χ1n) is 7.19. The van der Waals surface area contributed by atoms with Crippen LogP contribution in [0.4, 0.5) is 0 Å². The third-order valence-corrected chi connectivity index (χ3v) is 4.19. The van der Waals surface area contributed by atoms with Gasteiger partial charge in [-0.2, -0.15) is 0 Å². The predicted octanol–water partition coefficient (Wildman–Crippen LogP) is 4.53. The molecule has 21 heavy (non-hydrogen) atoms. The number of ether oxygens (including phenoxy) is 1. The fourth-order valence-electron chi connectivity index (χ4n) is 2.39. The normalized spacial score (nSPS) is 12.2. The van der Waals surface area contributed by atoms with Gasteiger partial charge in [-0.05, 0) is 77.5 Å². The number of benzene rings is 2. The topological polar surface area (TPSA) is 35.2 Å². The van der Waals surface area contributed by atoms with Gasteiger partial charge in [0.2, 0.25) is 0 Å². The molecule has 0 spiro atoms. The van der Waals surface area contributed by atoms with Gasteiger partial charge in [0.1, 0.15) is 12.4 Å². The summed E-state index contributed by atoms with van der Waals surface area (Å²) in [5.41, 5.74) is 10.8. The van der Waals surface area contributed by atoms with Gasteiger partial charge in [-0.25, -0.2) is 0 Å². The van der Waals surface area contributed by atoms with Crippen molar-refractivity contribution >= 4 is 15.9 Å². The maximum absolute atomic E-state index is 5.97. The second-order valence-corrected chi connectivity index (χ2v) is 6.46. The Labute approximate surface area is 135 Å². The van der Waals surface area contributed by atoms with E-state index in [-0.39, 0.29) is 6.04 Å². The van der Waals surface area contributed by atoms with E-state index in [2.05, 4.69) is 60.1 Å². The Morgan fingerprint density at radius 1 is 1.14 bits per heavy atom. The summed E-state index contributed by atoms with van der Waals surface area (Å²) in [7, 11) is 0. The predicted molar refractivity (Wildman–Crippen MR) is 91.7 cm³/mol. The van der Waals surface area contributed by atoms with E-state index in [9.17, 15) is 0 Å². The lowest BCUT2D eigenvalue weighted by molar-refractivity contribution is 0.302. The average molecular weight is 348 g/mol. The summed E-state index contributed by atoms with van der Waals surface area (Å²) in [4.78, 5) is 0. The molecule has 0 aliphatic rings. The second kappa shape index (κ2) is 7.10. The van der Waals surface area contributed by atoms with Crippen LogP contribution in [-0.4, -0.2) is 6.04 Å². The first kappa shape index (κ1) is 16.1. The summed E-state index contributed by atoms with van der Waals surface area (Å²) in [6.07, 6.45) is 0.871. The van der Waals surface area contributed by atoms with Crippen molar-refractivity contribution in [1.29, 1.82) is 0 Å². The van der Waals surface area contributed by atoms with Gasteiger partial charge in [0.25, 0.3) is 0 Å². The highest BCUT2D eigenvalue weighted by molar-refractivity contribution is 9.10. The van der Waals surface area contributed by atoms with Gasteiger partial charge < -0.3 is 10.5 Å². The van der Waals surface area contributed by atoms with Crippen LogP contribution in [0, 0.1) is 13.8 Å². The monoisotopic (exact) mass is 347 g/mol. The van der Waals surface area contributed by atoms with Crippen molar-refractivity contribution in [1.82, 2.24) is 0 Å². The van der Waals surface area contributed by atoms with E-state index in [0.29, 0.717) is 6.61 Å². The lowest BCUT2D eigenvalue weighted by Crippen LogP contribution is -2.17.